The lowest BCUT2D eigenvalue weighted by molar-refractivity contribution is 0.544. The van der Waals surface area contributed by atoms with Gasteiger partial charge in [-0.1, -0.05) is 13.3 Å². The molecule has 0 atom stereocenters. The minimum Gasteiger partial charge on any atom is -0.311 e. The average molecular weight is 216 g/mol. The highest BCUT2D eigenvalue weighted by Gasteiger charge is 2.12. The molecular weight excluding hydrogens is 198 g/mol. The van der Waals surface area contributed by atoms with Crippen LogP contribution in [0.5, 0.6) is 0 Å². The molecule has 0 aliphatic rings. The summed E-state index contributed by atoms with van der Waals surface area (Å²) in [6, 6.07) is 0.394. The summed E-state index contributed by atoms with van der Waals surface area (Å²) in [6.07, 6.45) is 3.34. The molecule has 0 spiro atoms. The van der Waals surface area contributed by atoms with Crippen LogP contribution in [0, 0.1) is 0 Å². The van der Waals surface area contributed by atoms with Crippen molar-refractivity contribution in [2.45, 2.75) is 52.0 Å². The second kappa shape index (κ2) is 5.35. The van der Waals surface area contributed by atoms with Crippen molar-refractivity contribution < 1.29 is 0 Å². The van der Waals surface area contributed by atoms with E-state index < -0.39 is 0 Å². The molecule has 0 amide bonds. The number of hydrogen-bond acceptors (Lipinski definition) is 2. The van der Waals surface area contributed by atoms with E-state index in [1.165, 1.54) is 6.42 Å². The van der Waals surface area contributed by atoms with Crippen molar-refractivity contribution >= 4 is 11.6 Å². The Balaban J connectivity index is 2.87. The first-order valence-corrected chi connectivity index (χ1v) is 5.72. The van der Waals surface area contributed by atoms with Crippen LogP contribution in [0.4, 0.5) is 0 Å². The zero-order valence-corrected chi connectivity index (χ0v) is 9.88. The van der Waals surface area contributed by atoms with Crippen LogP contribution >= 0.6 is 11.6 Å². The first kappa shape index (κ1) is 11.5. The van der Waals surface area contributed by atoms with Gasteiger partial charge in [-0.05, 0) is 20.3 Å². The number of unbranched alkanes of at least 4 members (excludes halogenated alkanes) is 1. The van der Waals surface area contributed by atoms with E-state index in [1.807, 2.05) is 0 Å². The van der Waals surface area contributed by atoms with Crippen molar-refractivity contribution in [3.05, 3.63) is 11.6 Å². The van der Waals surface area contributed by atoms with E-state index in [9.17, 15) is 0 Å². The van der Waals surface area contributed by atoms with E-state index in [-0.39, 0.29) is 0 Å². The van der Waals surface area contributed by atoms with Gasteiger partial charge in [0.2, 0.25) is 0 Å². The monoisotopic (exact) mass is 215 g/mol. The SMILES string of the molecule is CCCCc1nnc(CCl)n1C(C)C. The zero-order valence-electron chi connectivity index (χ0n) is 9.13. The van der Waals surface area contributed by atoms with Crippen LogP contribution in [0.2, 0.25) is 0 Å². The maximum absolute atomic E-state index is 5.80. The van der Waals surface area contributed by atoms with Gasteiger partial charge in [-0.2, -0.15) is 0 Å². The fourth-order valence-corrected chi connectivity index (χ4v) is 1.74. The van der Waals surface area contributed by atoms with Crippen LogP contribution in [0.3, 0.4) is 0 Å². The Morgan fingerprint density at radius 2 is 1.93 bits per heavy atom. The topological polar surface area (TPSA) is 30.7 Å². The van der Waals surface area contributed by atoms with Gasteiger partial charge in [-0.3, -0.25) is 0 Å². The molecule has 0 fully saturated rings. The molecule has 0 saturated carbocycles. The minimum atomic E-state index is 0.394. The molecule has 0 bridgehead atoms. The van der Waals surface area contributed by atoms with E-state index in [4.69, 9.17) is 11.6 Å². The quantitative estimate of drug-likeness (QED) is 0.708. The van der Waals surface area contributed by atoms with Gasteiger partial charge >= 0.3 is 0 Å². The Bertz CT molecular complexity index is 281. The summed E-state index contributed by atoms with van der Waals surface area (Å²) in [6.45, 7) is 6.45. The lowest BCUT2D eigenvalue weighted by Gasteiger charge is -2.12. The molecule has 14 heavy (non-hydrogen) atoms. The third-order valence-corrected chi connectivity index (χ3v) is 2.47. The molecule has 0 saturated heterocycles. The minimum absolute atomic E-state index is 0.394. The Hall–Kier alpha value is -0.570. The fourth-order valence-electron chi connectivity index (χ4n) is 1.55. The van der Waals surface area contributed by atoms with E-state index in [0.717, 1.165) is 24.5 Å². The largest absolute Gasteiger partial charge is 0.311 e. The van der Waals surface area contributed by atoms with Crippen molar-refractivity contribution in [2.75, 3.05) is 0 Å². The van der Waals surface area contributed by atoms with Gasteiger partial charge in [-0.15, -0.1) is 21.8 Å². The molecule has 0 aliphatic carbocycles. The van der Waals surface area contributed by atoms with Crippen LogP contribution in [-0.4, -0.2) is 14.8 Å². The van der Waals surface area contributed by atoms with Crippen LogP contribution in [0.15, 0.2) is 0 Å². The molecule has 0 unspecified atom stereocenters. The molecule has 1 aromatic heterocycles. The van der Waals surface area contributed by atoms with Crippen LogP contribution in [-0.2, 0) is 12.3 Å². The first-order chi connectivity index (χ1) is 6.70. The molecule has 3 nitrogen and oxygen atoms in total. The maximum atomic E-state index is 5.80. The normalized spacial score (nSPS) is 11.2. The predicted octanol–water partition coefficient (Wildman–Crippen LogP) is 2.94. The molecule has 0 N–H and O–H groups in total. The number of rotatable bonds is 5. The standard InChI is InChI=1S/C10H18ClN3/c1-4-5-6-9-12-13-10(7-11)14(9)8(2)3/h8H,4-7H2,1-3H3. The van der Waals surface area contributed by atoms with Crippen molar-refractivity contribution in [1.82, 2.24) is 14.8 Å². The maximum Gasteiger partial charge on any atom is 0.148 e. The van der Waals surface area contributed by atoms with Crippen LogP contribution < -0.4 is 0 Å². The van der Waals surface area contributed by atoms with Gasteiger partial charge in [0.15, 0.2) is 0 Å². The van der Waals surface area contributed by atoms with E-state index >= 15 is 0 Å². The number of alkyl halides is 1. The molecule has 1 heterocycles. The molecule has 0 aliphatic heterocycles. The lowest BCUT2D eigenvalue weighted by atomic mass is 10.2. The number of aryl methyl sites for hydroxylation is 1. The van der Waals surface area contributed by atoms with Gasteiger partial charge < -0.3 is 4.57 Å². The van der Waals surface area contributed by atoms with Crippen molar-refractivity contribution in [3.63, 3.8) is 0 Å². The van der Waals surface area contributed by atoms with Gasteiger partial charge in [0.05, 0.1) is 5.88 Å². The third-order valence-electron chi connectivity index (χ3n) is 2.23. The summed E-state index contributed by atoms with van der Waals surface area (Å²) < 4.78 is 2.14. The second-order valence-electron chi connectivity index (χ2n) is 3.73. The summed E-state index contributed by atoms with van der Waals surface area (Å²) in [5, 5.41) is 8.26. The highest BCUT2D eigenvalue weighted by atomic mass is 35.5. The summed E-state index contributed by atoms with van der Waals surface area (Å²) in [4.78, 5) is 0. The zero-order chi connectivity index (χ0) is 10.6. The van der Waals surface area contributed by atoms with Gasteiger partial charge in [0, 0.05) is 12.5 Å². The fraction of sp³-hybridized carbons (Fsp3) is 0.800. The number of nitrogens with zero attached hydrogens (tertiary/aromatic N) is 3. The van der Waals surface area contributed by atoms with Gasteiger partial charge in [-0.25, -0.2) is 0 Å². The van der Waals surface area contributed by atoms with Crippen molar-refractivity contribution in [2.24, 2.45) is 0 Å². The average Bonchev–Trinajstić information content (AvgIpc) is 2.57. The van der Waals surface area contributed by atoms with E-state index in [2.05, 4.69) is 35.5 Å². The van der Waals surface area contributed by atoms with E-state index in [1.54, 1.807) is 0 Å². The highest BCUT2D eigenvalue weighted by Crippen LogP contribution is 2.14. The van der Waals surface area contributed by atoms with Crippen LogP contribution in [0.25, 0.3) is 0 Å². The molecule has 1 aromatic rings. The number of halogens is 1. The predicted molar refractivity (Wildman–Crippen MR) is 58.6 cm³/mol. The number of hydrogen-bond donors (Lipinski definition) is 0. The number of aromatic nitrogens is 3. The van der Waals surface area contributed by atoms with Crippen molar-refractivity contribution in [3.8, 4) is 0 Å². The molecule has 4 heteroatoms. The lowest BCUT2D eigenvalue weighted by Crippen LogP contribution is -2.09. The molecule has 1 rings (SSSR count). The Morgan fingerprint density at radius 3 is 2.43 bits per heavy atom. The highest BCUT2D eigenvalue weighted by molar-refractivity contribution is 6.16. The third kappa shape index (κ3) is 2.47. The molecule has 0 aromatic carbocycles. The molecular formula is C10H18ClN3. The molecule has 0 radical (unpaired) electrons. The van der Waals surface area contributed by atoms with Crippen molar-refractivity contribution in [1.29, 1.82) is 0 Å². The summed E-state index contributed by atoms with van der Waals surface area (Å²) in [7, 11) is 0. The summed E-state index contributed by atoms with van der Waals surface area (Å²) in [5.41, 5.74) is 0. The Labute approximate surface area is 90.5 Å². The van der Waals surface area contributed by atoms with Gasteiger partial charge in [0.1, 0.15) is 11.6 Å². The second-order valence-corrected chi connectivity index (χ2v) is 4.00. The smallest absolute Gasteiger partial charge is 0.148 e. The summed E-state index contributed by atoms with van der Waals surface area (Å²) in [5.74, 6) is 2.39. The van der Waals surface area contributed by atoms with Crippen LogP contribution in [0.1, 0.15) is 51.3 Å². The Morgan fingerprint density at radius 1 is 1.29 bits per heavy atom. The van der Waals surface area contributed by atoms with Gasteiger partial charge in [0.25, 0.3) is 0 Å². The van der Waals surface area contributed by atoms with E-state index in [0.29, 0.717) is 11.9 Å². The Kier molecular flexibility index (Phi) is 4.39. The summed E-state index contributed by atoms with van der Waals surface area (Å²) >= 11 is 5.80. The first-order valence-electron chi connectivity index (χ1n) is 5.19. The molecule has 80 valence electrons.